The molecule has 0 spiro atoms. The molecule has 190 valence electrons. The molecule has 0 atom stereocenters. The molecule has 0 unspecified atom stereocenters. The number of nitrogens with one attached hydrogen (secondary N) is 1. The van der Waals surface area contributed by atoms with Gasteiger partial charge in [0, 0.05) is 24.3 Å². The van der Waals surface area contributed by atoms with Gasteiger partial charge in [-0.2, -0.15) is 0 Å². The molecule has 4 aromatic rings. The zero-order valence-electron chi connectivity index (χ0n) is 20.8. The second kappa shape index (κ2) is 10.5. The lowest BCUT2D eigenvalue weighted by Gasteiger charge is -2.30. The highest BCUT2D eigenvalue weighted by Gasteiger charge is 2.20. The van der Waals surface area contributed by atoms with Crippen molar-refractivity contribution in [3.8, 4) is 0 Å². The second-order valence-electron chi connectivity index (χ2n) is 9.51. The summed E-state index contributed by atoms with van der Waals surface area (Å²) in [5.41, 5.74) is 11.8. The van der Waals surface area contributed by atoms with E-state index in [2.05, 4.69) is 27.0 Å². The number of rotatable bonds is 7. The highest BCUT2D eigenvalue weighted by atomic mass is 19.1. The largest absolute Gasteiger partial charge is 0.364 e. The fourth-order valence-corrected chi connectivity index (χ4v) is 5.23. The molecular weight excluding hydrogens is 469 g/mol. The monoisotopic (exact) mass is 499 g/mol. The summed E-state index contributed by atoms with van der Waals surface area (Å²) in [6, 6.07) is 17.1. The predicted molar refractivity (Wildman–Crippen MR) is 142 cm³/mol. The maximum atomic E-state index is 13.6. The van der Waals surface area contributed by atoms with Gasteiger partial charge in [0.2, 0.25) is 0 Å². The summed E-state index contributed by atoms with van der Waals surface area (Å²) in [6.45, 7) is 4.60. The van der Waals surface area contributed by atoms with Crippen LogP contribution in [0.3, 0.4) is 0 Å². The van der Waals surface area contributed by atoms with Crippen LogP contribution < -0.4 is 11.3 Å². The summed E-state index contributed by atoms with van der Waals surface area (Å²) < 4.78 is 14.9. The van der Waals surface area contributed by atoms with E-state index in [1.165, 1.54) is 34.0 Å². The van der Waals surface area contributed by atoms with Gasteiger partial charge in [-0.05, 0) is 68.0 Å². The first-order valence-corrected chi connectivity index (χ1v) is 12.6. The van der Waals surface area contributed by atoms with Crippen molar-refractivity contribution in [2.75, 3.05) is 19.6 Å². The van der Waals surface area contributed by atoms with Crippen molar-refractivity contribution in [3.05, 3.63) is 111 Å². The number of aromatic amines is 1. The summed E-state index contributed by atoms with van der Waals surface area (Å²) in [7, 11) is 0. The molecule has 2 aromatic carbocycles. The highest BCUT2D eigenvalue weighted by molar-refractivity contribution is 5.96. The molecule has 37 heavy (non-hydrogen) atoms. The van der Waals surface area contributed by atoms with E-state index in [1.807, 2.05) is 37.3 Å². The summed E-state index contributed by atoms with van der Waals surface area (Å²) in [5.74, 6) is -0.899. The molecule has 0 saturated carbocycles. The number of nitrogens with zero attached hydrogens (tertiary/aromatic N) is 3. The van der Waals surface area contributed by atoms with E-state index in [0.717, 1.165) is 55.7 Å². The third-order valence-electron chi connectivity index (χ3n) is 7.15. The minimum atomic E-state index is -0.668. The number of imidazole rings is 1. The van der Waals surface area contributed by atoms with E-state index in [0.29, 0.717) is 17.6 Å². The molecule has 1 aliphatic heterocycles. The quantitative estimate of drug-likeness (QED) is 0.400. The van der Waals surface area contributed by atoms with Gasteiger partial charge in [-0.1, -0.05) is 48.0 Å². The van der Waals surface area contributed by atoms with Crippen molar-refractivity contribution in [1.29, 1.82) is 0 Å². The Morgan fingerprint density at radius 1 is 1.05 bits per heavy atom. The Morgan fingerprint density at radius 3 is 2.41 bits per heavy atom. The third-order valence-corrected chi connectivity index (χ3v) is 7.15. The number of H-pyrrole nitrogens is 1. The Morgan fingerprint density at radius 2 is 1.73 bits per heavy atom. The number of hydrogen-bond donors (Lipinski definition) is 2. The van der Waals surface area contributed by atoms with Crippen LogP contribution in [0.15, 0.2) is 71.3 Å². The Bertz CT molecular complexity index is 1510. The van der Waals surface area contributed by atoms with E-state index in [1.54, 1.807) is 0 Å². The first kappa shape index (κ1) is 24.6. The number of nitrogens with two attached hydrogens (primary N) is 1. The molecule has 3 N–H and O–H groups in total. The van der Waals surface area contributed by atoms with Gasteiger partial charge in [0.05, 0.1) is 0 Å². The van der Waals surface area contributed by atoms with E-state index in [-0.39, 0.29) is 17.1 Å². The van der Waals surface area contributed by atoms with Gasteiger partial charge in [0.25, 0.3) is 11.5 Å². The summed E-state index contributed by atoms with van der Waals surface area (Å²) in [4.78, 5) is 34.1. The SMILES string of the molecule is Cc1[nH]c2c(C(N)=O)ncn2c(=O)c1CCCN1CCC(=C(c2ccccc2)c2ccc(F)cc2)CC1. The predicted octanol–water partition coefficient (Wildman–Crippen LogP) is 4.10. The summed E-state index contributed by atoms with van der Waals surface area (Å²) >= 11 is 0. The van der Waals surface area contributed by atoms with Crippen LogP contribution in [-0.4, -0.2) is 44.8 Å². The molecule has 2 aromatic heterocycles. The van der Waals surface area contributed by atoms with E-state index in [9.17, 15) is 14.0 Å². The van der Waals surface area contributed by atoms with Gasteiger partial charge < -0.3 is 15.6 Å². The van der Waals surface area contributed by atoms with Crippen LogP contribution in [0.1, 0.15) is 52.1 Å². The number of likely N-dealkylation sites (tertiary alicyclic amines) is 1. The summed E-state index contributed by atoms with van der Waals surface area (Å²) in [6.07, 6.45) is 4.71. The van der Waals surface area contributed by atoms with Crippen LogP contribution in [0.25, 0.3) is 11.2 Å². The molecule has 0 aliphatic carbocycles. The van der Waals surface area contributed by atoms with Gasteiger partial charge >= 0.3 is 0 Å². The maximum absolute atomic E-state index is 13.6. The number of aromatic nitrogens is 3. The smallest absolute Gasteiger partial charge is 0.271 e. The first-order chi connectivity index (χ1) is 17.9. The van der Waals surface area contributed by atoms with Crippen LogP contribution in [0.4, 0.5) is 4.39 Å². The number of benzene rings is 2. The lowest BCUT2D eigenvalue weighted by atomic mass is 9.88. The van der Waals surface area contributed by atoms with Crippen molar-refractivity contribution in [1.82, 2.24) is 19.3 Å². The first-order valence-electron chi connectivity index (χ1n) is 12.6. The third kappa shape index (κ3) is 5.11. The molecule has 7 nitrogen and oxygen atoms in total. The van der Waals surface area contributed by atoms with Crippen molar-refractivity contribution in [2.24, 2.45) is 5.73 Å². The number of amides is 1. The van der Waals surface area contributed by atoms with Crippen LogP contribution in [0, 0.1) is 12.7 Å². The number of carbonyl (C=O) groups is 1. The van der Waals surface area contributed by atoms with E-state index in [4.69, 9.17) is 5.73 Å². The highest BCUT2D eigenvalue weighted by Crippen LogP contribution is 2.32. The van der Waals surface area contributed by atoms with Crippen LogP contribution in [-0.2, 0) is 6.42 Å². The maximum Gasteiger partial charge on any atom is 0.271 e. The van der Waals surface area contributed by atoms with Gasteiger partial charge in [-0.3, -0.25) is 14.0 Å². The van der Waals surface area contributed by atoms with Crippen molar-refractivity contribution in [2.45, 2.75) is 32.6 Å². The van der Waals surface area contributed by atoms with Gasteiger partial charge in [-0.15, -0.1) is 0 Å². The van der Waals surface area contributed by atoms with Gasteiger partial charge in [0.15, 0.2) is 11.3 Å². The number of primary amides is 1. The molecular formula is C29H30FN5O2. The number of aryl methyl sites for hydroxylation is 1. The molecule has 0 radical (unpaired) electrons. The Labute approximate surface area is 214 Å². The molecule has 5 rings (SSSR count). The molecule has 3 heterocycles. The standard InChI is InChI=1S/C29H30FN5O2/c1-19-24(29(37)35-18-32-26(27(31)36)28(35)33-19)8-5-15-34-16-13-22(14-17-34)25(20-6-3-2-4-7-20)21-9-11-23(30)12-10-21/h2-4,6-7,9-12,18,33H,5,8,13-17H2,1H3,(H2,31,36). The topological polar surface area (TPSA) is 96.5 Å². The fourth-order valence-electron chi connectivity index (χ4n) is 5.23. The zero-order chi connectivity index (χ0) is 25.9. The second-order valence-corrected chi connectivity index (χ2v) is 9.51. The Hall–Kier alpha value is -4.04. The molecule has 1 fully saturated rings. The van der Waals surface area contributed by atoms with Crippen LogP contribution in [0.2, 0.25) is 0 Å². The zero-order valence-corrected chi connectivity index (χ0v) is 20.8. The molecule has 1 aliphatic rings. The lowest BCUT2D eigenvalue weighted by molar-refractivity contribution is 0.0997. The lowest BCUT2D eigenvalue weighted by Crippen LogP contribution is -2.32. The average Bonchev–Trinajstić information content (AvgIpc) is 3.33. The number of piperidine rings is 1. The number of halogens is 1. The van der Waals surface area contributed by atoms with Gasteiger partial charge in [0.1, 0.15) is 12.1 Å². The number of carbonyl (C=O) groups excluding carboxylic acids is 1. The Balaban J connectivity index is 1.27. The fraction of sp³-hybridized carbons (Fsp3) is 0.276. The van der Waals surface area contributed by atoms with Crippen LogP contribution in [0.5, 0.6) is 0 Å². The van der Waals surface area contributed by atoms with Gasteiger partial charge in [-0.25, -0.2) is 9.37 Å². The molecule has 8 heteroatoms. The number of hydrogen-bond acceptors (Lipinski definition) is 4. The average molecular weight is 500 g/mol. The van der Waals surface area contributed by atoms with Crippen molar-refractivity contribution < 1.29 is 9.18 Å². The molecule has 1 saturated heterocycles. The minimum absolute atomic E-state index is 0.0689. The van der Waals surface area contributed by atoms with Crippen LogP contribution >= 0.6 is 0 Å². The Kier molecular flexibility index (Phi) is 7.01. The van der Waals surface area contributed by atoms with Crippen molar-refractivity contribution >= 4 is 17.1 Å². The van der Waals surface area contributed by atoms with E-state index >= 15 is 0 Å². The minimum Gasteiger partial charge on any atom is -0.364 e. The molecule has 0 bridgehead atoms. The van der Waals surface area contributed by atoms with Crippen molar-refractivity contribution in [3.63, 3.8) is 0 Å². The molecule has 1 amide bonds. The van der Waals surface area contributed by atoms with E-state index < -0.39 is 5.91 Å². The normalized spacial score (nSPS) is 14.3. The summed E-state index contributed by atoms with van der Waals surface area (Å²) in [5, 5.41) is 0. The number of fused-ring (bicyclic) bond motifs is 1.